The lowest BCUT2D eigenvalue weighted by Gasteiger charge is -2.37. The fourth-order valence-corrected chi connectivity index (χ4v) is 6.21. The number of carbonyl (C=O) groups is 4. The van der Waals surface area contributed by atoms with Crippen molar-refractivity contribution in [1.82, 2.24) is 26.0 Å². The number of hydrazine groups is 1. The van der Waals surface area contributed by atoms with Gasteiger partial charge in [0.25, 0.3) is 5.91 Å². The predicted molar refractivity (Wildman–Crippen MR) is 161 cm³/mol. The number of nitrogens with one attached hydrogen (secondary N) is 3. The summed E-state index contributed by atoms with van der Waals surface area (Å²) in [4.78, 5) is 55.6. The fourth-order valence-electron chi connectivity index (χ4n) is 6.21. The molecule has 230 valence electrons. The Bertz CT molecular complexity index is 1170. The van der Waals surface area contributed by atoms with Crippen molar-refractivity contribution in [1.29, 1.82) is 0 Å². The molecule has 0 radical (unpaired) electrons. The summed E-state index contributed by atoms with van der Waals surface area (Å²) in [7, 11) is 1.60. The third-order valence-electron chi connectivity index (χ3n) is 8.76. The maximum Gasteiger partial charge on any atom is 0.258 e. The van der Waals surface area contributed by atoms with Gasteiger partial charge in [0.15, 0.2) is 0 Å². The second-order valence-electron chi connectivity index (χ2n) is 12.2. The Morgan fingerprint density at radius 1 is 0.929 bits per heavy atom. The average molecular weight is 582 g/mol. The van der Waals surface area contributed by atoms with Gasteiger partial charge < -0.3 is 20.3 Å². The quantitative estimate of drug-likeness (QED) is 0.494. The van der Waals surface area contributed by atoms with E-state index in [4.69, 9.17) is 4.74 Å². The molecule has 6 atom stereocenters. The molecule has 4 rings (SSSR count). The molecule has 0 aromatic heterocycles. The van der Waals surface area contributed by atoms with Crippen molar-refractivity contribution >= 4 is 29.7 Å². The van der Waals surface area contributed by atoms with Crippen LogP contribution in [0.5, 0.6) is 0 Å². The maximum atomic E-state index is 13.7. The Balaban J connectivity index is 1.62. The van der Waals surface area contributed by atoms with E-state index in [1.54, 1.807) is 14.0 Å². The van der Waals surface area contributed by atoms with Gasteiger partial charge in [0.2, 0.25) is 17.7 Å². The lowest BCUT2D eigenvalue weighted by atomic mass is 9.96. The zero-order valence-electron chi connectivity index (χ0n) is 25.6. The number of allylic oxidation sites excluding steroid dienone is 1. The first-order valence-electron chi connectivity index (χ1n) is 15.4. The monoisotopic (exact) mass is 581 g/mol. The largest absolute Gasteiger partial charge is 0.381 e. The molecular formula is C32H47N5O5. The van der Waals surface area contributed by atoms with Crippen LogP contribution in [0.15, 0.2) is 30.3 Å². The summed E-state index contributed by atoms with van der Waals surface area (Å²) in [5.41, 5.74) is 5.32. The van der Waals surface area contributed by atoms with E-state index in [0.717, 1.165) is 24.0 Å². The van der Waals surface area contributed by atoms with Crippen LogP contribution in [0.4, 0.5) is 0 Å². The first-order valence-corrected chi connectivity index (χ1v) is 15.4. The van der Waals surface area contributed by atoms with Gasteiger partial charge in [-0.15, -0.1) is 0 Å². The molecule has 3 heterocycles. The molecule has 10 nitrogen and oxygen atoms in total. The first-order chi connectivity index (χ1) is 20.1. The molecule has 0 aliphatic carbocycles. The number of benzene rings is 1. The van der Waals surface area contributed by atoms with E-state index in [1.807, 2.05) is 37.8 Å². The van der Waals surface area contributed by atoms with E-state index in [2.05, 4.69) is 40.3 Å². The molecule has 10 heteroatoms. The summed E-state index contributed by atoms with van der Waals surface area (Å²) in [6, 6.07) is 6.12. The Hall–Kier alpha value is -3.24. The topological polar surface area (TPSA) is 120 Å². The molecule has 42 heavy (non-hydrogen) atoms. The highest BCUT2D eigenvalue weighted by Gasteiger charge is 2.38. The number of fused-ring (bicyclic) bond motifs is 6. The van der Waals surface area contributed by atoms with Gasteiger partial charge in [-0.1, -0.05) is 51.1 Å². The molecule has 4 amide bonds. The highest BCUT2D eigenvalue weighted by Crippen LogP contribution is 2.33. The Kier molecular flexibility index (Phi) is 10.8. The van der Waals surface area contributed by atoms with Crippen molar-refractivity contribution in [2.45, 2.75) is 96.5 Å². The van der Waals surface area contributed by atoms with E-state index >= 15 is 0 Å². The molecule has 3 N–H and O–H groups in total. The molecular weight excluding hydrogens is 534 g/mol. The van der Waals surface area contributed by atoms with Crippen molar-refractivity contribution in [3.05, 3.63) is 41.5 Å². The highest BCUT2D eigenvalue weighted by atomic mass is 16.5. The molecule has 4 bridgehead atoms. The Morgan fingerprint density at radius 2 is 1.69 bits per heavy atom. The summed E-state index contributed by atoms with van der Waals surface area (Å²) in [6.45, 7) is 8.28. The number of ether oxygens (including phenoxy) is 1. The van der Waals surface area contributed by atoms with Gasteiger partial charge in [0, 0.05) is 20.2 Å². The van der Waals surface area contributed by atoms with Gasteiger partial charge >= 0.3 is 0 Å². The van der Waals surface area contributed by atoms with Crippen LogP contribution >= 0.6 is 0 Å². The molecule has 2 fully saturated rings. The zero-order chi connectivity index (χ0) is 30.4. The smallest absolute Gasteiger partial charge is 0.258 e. The second-order valence-corrected chi connectivity index (χ2v) is 12.2. The van der Waals surface area contributed by atoms with Crippen molar-refractivity contribution in [3.8, 4) is 0 Å². The van der Waals surface area contributed by atoms with Crippen molar-refractivity contribution in [2.75, 3.05) is 20.2 Å². The summed E-state index contributed by atoms with van der Waals surface area (Å²) >= 11 is 0. The Labute approximate surface area is 249 Å². The van der Waals surface area contributed by atoms with Crippen LogP contribution in [0, 0.1) is 11.8 Å². The van der Waals surface area contributed by atoms with E-state index in [1.165, 1.54) is 5.01 Å². The molecule has 0 saturated carbocycles. The van der Waals surface area contributed by atoms with Crippen LogP contribution in [0.1, 0.15) is 83.4 Å². The molecule has 0 spiro atoms. The van der Waals surface area contributed by atoms with Gasteiger partial charge in [-0.05, 0) is 68.6 Å². The summed E-state index contributed by atoms with van der Waals surface area (Å²) in [5.74, 6) is -1.68. The molecule has 1 aromatic carbocycles. The first kappa shape index (κ1) is 31.7. The number of rotatable bonds is 2. The van der Waals surface area contributed by atoms with Gasteiger partial charge in [0.05, 0.1) is 18.1 Å². The molecule has 3 aliphatic heterocycles. The molecule has 1 aromatic rings. The van der Waals surface area contributed by atoms with E-state index < -0.39 is 30.0 Å². The van der Waals surface area contributed by atoms with Crippen LogP contribution in [0.3, 0.4) is 0 Å². The number of carbonyl (C=O) groups excluding carboxylic acids is 4. The summed E-state index contributed by atoms with van der Waals surface area (Å²) in [5, 5.41) is 7.15. The molecule has 6 unspecified atom stereocenters. The number of nitrogens with zero attached hydrogens (tertiary/aromatic N) is 2. The second kappa shape index (κ2) is 14.3. The minimum atomic E-state index is -0.840. The lowest BCUT2D eigenvalue weighted by molar-refractivity contribution is -0.146. The third kappa shape index (κ3) is 7.39. The Morgan fingerprint density at radius 3 is 2.43 bits per heavy atom. The lowest BCUT2D eigenvalue weighted by Crippen LogP contribution is -2.62. The fraction of sp³-hybridized carbons (Fsp3) is 0.625. The van der Waals surface area contributed by atoms with E-state index in [9.17, 15) is 19.2 Å². The standard InChI is InChI=1S/C32H47N5O5/c1-20(2)28-30(39)33-22(4)31(40)37-18-9-14-25(35-37)32(41)36-17-10-15-26(36)24-13-8-12-23(19-24)11-6-7-16-27(42-5)21(3)29(38)34-28/h6,8,11-13,19-22,25-28,35H,7,9-10,14-18H2,1-5H3,(H,33,39)(H,34,38). The highest BCUT2D eigenvalue weighted by molar-refractivity contribution is 5.92. The van der Waals surface area contributed by atoms with Gasteiger partial charge in [-0.3, -0.25) is 24.2 Å². The van der Waals surface area contributed by atoms with Crippen LogP contribution in [0.25, 0.3) is 6.08 Å². The van der Waals surface area contributed by atoms with Crippen molar-refractivity contribution in [2.24, 2.45) is 11.8 Å². The zero-order valence-corrected chi connectivity index (χ0v) is 25.6. The third-order valence-corrected chi connectivity index (χ3v) is 8.76. The van der Waals surface area contributed by atoms with Crippen LogP contribution < -0.4 is 16.1 Å². The van der Waals surface area contributed by atoms with Crippen molar-refractivity contribution in [3.63, 3.8) is 0 Å². The predicted octanol–water partition coefficient (Wildman–Crippen LogP) is 2.95. The number of hydrogen-bond acceptors (Lipinski definition) is 6. The van der Waals surface area contributed by atoms with Crippen LogP contribution in [0.2, 0.25) is 0 Å². The summed E-state index contributed by atoms with van der Waals surface area (Å²) in [6.07, 6.45) is 8.32. The number of hydrogen-bond donors (Lipinski definition) is 3. The van der Waals surface area contributed by atoms with Gasteiger partial charge in [-0.25, -0.2) is 5.43 Å². The van der Waals surface area contributed by atoms with Gasteiger partial charge in [0.1, 0.15) is 18.1 Å². The maximum absolute atomic E-state index is 13.7. The van der Waals surface area contributed by atoms with Gasteiger partial charge in [-0.2, -0.15) is 0 Å². The molecule has 3 aliphatic rings. The average Bonchev–Trinajstić information content (AvgIpc) is 3.48. The van der Waals surface area contributed by atoms with Crippen LogP contribution in [-0.4, -0.2) is 78.0 Å². The SMILES string of the molecule is COC1CCC=Cc2cccc(c2)C2CCCN2C(=O)C2CCCN(N2)C(=O)C(C)NC(=O)C(C(C)C)NC(=O)C1C. The molecule has 2 saturated heterocycles. The van der Waals surface area contributed by atoms with E-state index in [-0.39, 0.29) is 35.8 Å². The minimum absolute atomic E-state index is 0.00270. The summed E-state index contributed by atoms with van der Waals surface area (Å²) < 4.78 is 5.67. The number of amides is 4. The van der Waals surface area contributed by atoms with Crippen LogP contribution in [-0.2, 0) is 23.9 Å². The van der Waals surface area contributed by atoms with Crippen molar-refractivity contribution < 1.29 is 23.9 Å². The number of methoxy groups -OCH3 is 1. The van der Waals surface area contributed by atoms with E-state index in [0.29, 0.717) is 38.8 Å². The minimum Gasteiger partial charge on any atom is -0.381 e. The normalized spacial score (nSPS) is 30.3.